The Morgan fingerprint density at radius 3 is 2.45 bits per heavy atom. The molecule has 20 heavy (non-hydrogen) atoms. The van der Waals surface area contributed by atoms with E-state index in [1.807, 2.05) is 6.07 Å². The van der Waals surface area contributed by atoms with Gasteiger partial charge >= 0.3 is 0 Å². The maximum absolute atomic E-state index is 12.8. The summed E-state index contributed by atoms with van der Waals surface area (Å²) in [6.45, 7) is 3.39. The molecule has 1 saturated heterocycles. The van der Waals surface area contributed by atoms with Crippen LogP contribution in [0.4, 0.5) is 0 Å². The highest BCUT2D eigenvalue weighted by Gasteiger charge is 2.33. The van der Waals surface area contributed by atoms with E-state index < -0.39 is 0 Å². The van der Waals surface area contributed by atoms with E-state index in [2.05, 4.69) is 29.2 Å². The highest BCUT2D eigenvalue weighted by molar-refractivity contribution is 5.88. The molecule has 108 valence electrons. The lowest BCUT2D eigenvalue weighted by molar-refractivity contribution is -0.127. The molecule has 2 fully saturated rings. The highest BCUT2D eigenvalue weighted by atomic mass is 16.1. The van der Waals surface area contributed by atoms with E-state index in [-0.39, 0.29) is 11.8 Å². The van der Waals surface area contributed by atoms with E-state index in [1.165, 1.54) is 44.3 Å². The number of carbonyl (C=O) groups is 1. The standard InChI is InChI=1S/C18H25NO/c20-18-16(14-19-12-5-2-6-13-19)10-7-11-17(18)15-8-3-1-4-9-15/h1,3-4,8-9,16-17H,2,5-7,10-14H2. The van der Waals surface area contributed by atoms with Crippen LogP contribution in [-0.4, -0.2) is 30.3 Å². The van der Waals surface area contributed by atoms with E-state index in [1.54, 1.807) is 0 Å². The third-order valence-electron chi connectivity index (χ3n) is 4.92. The number of Topliss-reactive ketones (excluding diaryl/α,β-unsaturated/α-hetero) is 1. The monoisotopic (exact) mass is 271 g/mol. The fourth-order valence-corrected chi connectivity index (χ4v) is 3.79. The first-order valence-electron chi connectivity index (χ1n) is 8.15. The first-order valence-corrected chi connectivity index (χ1v) is 8.15. The molecule has 1 aromatic rings. The van der Waals surface area contributed by atoms with Crippen molar-refractivity contribution >= 4 is 5.78 Å². The van der Waals surface area contributed by atoms with Crippen LogP contribution >= 0.6 is 0 Å². The summed E-state index contributed by atoms with van der Waals surface area (Å²) >= 11 is 0. The Balaban J connectivity index is 1.65. The van der Waals surface area contributed by atoms with Crippen molar-refractivity contribution in [1.29, 1.82) is 0 Å². The number of carbonyl (C=O) groups excluding carboxylic acids is 1. The Bertz CT molecular complexity index is 436. The predicted octanol–water partition coefficient (Wildman–Crippen LogP) is 3.63. The fraction of sp³-hybridized carbons (Fsp3) is 0.611. The van der Waals surface area contributed by atoms with Crippen LogP contribution in [0.15, 0.2) is 30.3 Å². The molecule has 2 aliphatic rings. The molecule has 0 spiro atoms. The zero-order valence-corrected chi connectivity index (χ0v) is 12.3. The molecule has 1 aliphatic carbocycles. The minimum atomic E-state index is 0.153. The average molecular weight is 271 g/mol. The van der Waals surface area contributed by atoms with Crippen molar-refractivity contribution in [2.24, 2.45) is 5.92 Å². The Kier molecular flexibility index (Phi) is 4.51. The number of piperidine rings is 1. The van der Waals surface area contributed by atoms with E-state index in [9.17, 15) is 4.79 Å². The average Bonchev–Trinajstić information content (AvgIpc) is 2.51. The first kappa shape index (κ1) is 13.8. The molecule has 0 bridgehead atoms. The summed E-state index contributed by atoms with van der Waals surface area (Å²) < 4.78 is 0. The molecule has 0 N–H and O–H groups in total. The Hall–Kier alpha value is -1.15. The Labute approximate surface area is 122 Å². The largest absolute Gasteiger partial charge is 0.303 e. The topological polar surface area (TPSA) is 20.3 Å². The van der Waals surface area contributed by atoms with Gasteiger partial charge in [0, 0.05) is 18.4 Å². The third kappa shape index (κ3) is 3.12. The van der Waals surface area contributed by atoms with Crippen molar-refractivity contribution in [3.8, 4) is 0 Å². The summed E-state index contributed by atoms with van der Waals surface area (Å²) in [5, 5.41) is 0. The van der Waals surface area contributed by atoms with Crippen LogP contribution in [0.1, 0.15) is 50.0 Å². The molecule has 0 radical (unpaired) electrons. The number of rotatable bonds is 3. The zero-order chi connectivity index (χ0) is 13.8. The highest BCUT2D eigenvalue weighted by Crippen LogP contribution is 2.33. The third-order valence-corrected chi connectivity index (χ3v) is 4.92. The molecule has 2 unspecified atom stereocenters. The number of hydrogen-bond donors (Lipinski definition) is 0. The van der Waals surface area contributed by atoms with Gasteiger partial charge in [-0.2, -0.15) is 0 Å². The van der Waals surface area contributed by atoms with Crippen LogP contribution < -0.4 is 0 Å². The lowest BCUT2D eigenvalue weighted by Crippen LogP contribution is -2.39. The van der Waals surface area contributed by atoms with Gasteiger partial charge in [-0.1, -0.05) is 43.2 Å². The second-order valence-electron chi connectivity index (χ2n) is 6.35. The summed E-state index contributed by atoms with van der Waals surface area (Å²) in [7, 11) is 0. The van der Waals surface area contributed by atoms with Gasteiger partial charge in [0.05, 0.1) is 0 Å². The molecular weight excluding hydrogens is 246 g/mol. The van der Waals surface area contributed by atoms with Gasteiger partial charge in [-0.15, -0.1) is 0 Å². The lowest BCUT2D eigenvalue weighted by Gasteiger charge is -2.34. The second-order valence-corrected chi connectivity index (χ2v) is 6.35. The summed E-state index contributed by atoms with van der Waals surface area (Å²) in [5.41, 5.74) is 1.22. The van der Waals surface area contributed by atoms with Crippen molar-refractivity contribution < 1.29 is 4.79 Å². The van der Waals surface area contributed by atoms with E-state index in [0.717, 1.165) is 19.4 Å². The Morgan fingerprint density at radius 1 is 0.950 bits per heavy atom. The molecule has 3 rings (SSSR count). The number of likely N-dealkylation sites (tertiary alicyclic amines) is 1. The van der Waals surface area contributed by atoms with Crippen molar-refractivity contribution in [2.75, 3.05) is 19.6 Å². The molecule has 1 aliphatic heterocycles. The normalized spacial score (nSPS) is 28.5. The maximum atomic E-state index is 12.8. The van der Waals surface area contributed by atoms with Crippen molar-refractivity contribution in [2.45, 2.75) is 44.4 Å². The zero-order valence-electron chi connectivity index (χ0n) is 12.3. The van der Waals surface area contributed by atoms with Crippen LogP contribution in [0.5, 0.6) is 0 Å². The second kappa shape index (κ2) is 6.53. The smallest absolute Gasteiger partial charge is 0.144 e. The minimum absolute atomic E-state index is 0.153. The summed E-state index contributed by atoms with van der Waals surface area (Å²) in [6.07, 6.45) is 7.32. The molecule has 1 saturated carbocycles. The van der Waals surface area contributed by atoms with E-state index >= 15 is 0 Å². The molecule has 2 atom stereocenters. The van der Waals surface area contributed by atoms with Gasteiger partial charge in [-0.05, 0) is 44.3 Å². The van der Waals surface area contributed by atoms with Gasteiger partial charge in [0.15, 0.2) is 0 Å². The molecule has 2 heteroatoms. The van der Waals surface area contributed by atoms with Crippen LogP contribution in [0.25, 0.3) is 0 Å². The van der Waals surface area contributed by atoms with Gasteiger partial charge in [0.25, 0.3) is 0 Å². The number of nitrogens with zero attached hydrogens (tertiary/aromatic N) is 1. The van der Waals surface area contributed by atoms with Crippen molar-refractivity contribution in [1.82, 2.24) is 4.90 Å². The lowest BCUT2D eigenvalue weighted by atomic mass is 9.76. The van der Waals surface area contributed by atoms with Crippen LogP contribution in [0, 0.1) is 5.92 Å². The van der Waals surface area contributed by atoms with Gasteiger partial charge in [0.1, 0.15) is 5.78 Å². The first-order chi connectivity index (χ1) is 9.84. The number of hydrogen-bond acceptors (Lipinski definition) is 2. The summed E-state index contributed by atoms with van der Waals surface area (Å²) in [4.78, 5) is 15.3. The molecule has 2 nitrogen and oxygen atoms in total. The summed E-state index contributed by atoms with van der Waals surface area (Å²) in [6, 6.07) is 10.4. The quantitative estimate of drug-likeness (QED) is 0.837. The van der Waals surface area contributed by atoms with Crippen LogP contribution in [-0.2, 0) is 4.79 Å². The fourth-order valence-electron chi connectivity index (χ4n) is 3.79. The van der Waals surface area contributed by atoms with Crippen molar-refractivity contribution in [3.05, 3.63) is 35.9 Å². The van der Waals surface area contributed by atoms with Gasteiger partial charge in [0.2, 0.25) is 0 Å². The minimum Gasteiger partial charge on any atom is -0.303 e. The van der Waals surface area contributed by atoms with Crippen LogP contribution in [0.2, 0.25) is 0 Å². The van der Waals surface area contributed by atoms with Gasteiger partial charge in [-0.25, -0.2) is 0 Å². The molecular formula is C18H25NO. The SMILES string of the molecule is O=C1C(CN2CCCCC2)CCCC1c1ccccc1. The van der Waals surface area contributed by atoms with Crippen molar-refractivity contribution in [3.63, 3.8) is 0 Å². The summed E-state index contributed by atoms with van der Waals surface area (Å²) in [5.74, 6) is 0.917. The molecule has 0 aromatic heterocycles. The predicted molar refractivity (Wildman–Crippen MR) is 81.8 cm³/mol. The molecule has 0 amide bonds. The maximum Gasteiger partial charge on any atom is 0.144 e. The van der Waals surface area contributed by atoms with Gasteiger partial charge < -0.3 is 4.90 Å². The molecule has 1 aromatic carbocycles. The Morgan fingerprint density at radius 2 is 1.70 bits per heavy atom. The number of benzene rings is 1. The number of ketones is 1. The van der Waals surface area contributed by atoms with E-state index in [0.29, 0.717) is 5.78 Å². The van der Waals surface area contributed by atoms with Gasteiger partial charge in [-0.3, -0.25) is 4.79 Å². The van der Waals surface area contributed by atoms with E-state index in [4.69, 9.17) is 0 Å². The van der Waals surface area contributed by atoms with Crippen LogP contribution in [0.3, 0.4) is 0 Å². The molecule has 1 heterocycles.